The van der Waals surface area contributed by atoms with E-state index in [-0.39, 0.29) is 6.10 Å². The van der Waals surface area contributed by atoms with Gasteiger partial charge in [0.2, 0.25) is 0 Å². The Hall–Kier alpha value is -1.94. The smallest absolute Gasteiger partial charge is 0.161 e. The zero-order valence-electron chi connectivity index (χ0n) is 12.3. The number of benzene rings is 1. The molecular weight excluding hydrogens is 266 g/mol. The van der Waals surface area contributed by atoms with Crippen molar-refractivity contribution in [1.29, 1.82) is 0 Å². The molecule has 4 nitrogen and oxygen atoms in total. The topological polar surface area (TPSA) is 43.6 Å². The molecule has 3 rings (SSSR count). The lowest BCUT2D eigenvalue weighted by atomic mass is 9.93. The maximum Gasteiger partial charge on any atom is 0.161 e. The summed E-state index contributed by atoms with van der Waals surface area (Å²) in [6, 6.07) is 7.65. The first-order valence-corrected chi connectivity index (χ1v) is 7.40. The zero-order valence-corrected chi connectivity index (χ0v) is 12.3. The average molecular weight is 287 g/mol. The van der Waals surface area contributed by atoms with Gasteiger partial charge in [-0.2, -0.15) is 0 Å². The highest BCUT2D eigenvalue weighted by Gasteiger charge is 2.19. The van der Waals surface area contributed by atoms with E-state index in [9.17, 15) is 5.11 Å². The van der Waals surface area contributed by atoms with E-state index >= 15 is 0 Å². The molecule has 0 saturated heterocycles. The molecule has 0 amide bonds. The molecule has 0 saturated carbocycles. The number of para-hydroxylation sites is 2. The Morgan fingerprint density at radius 2 is 2.05 bits per heavy atom. The number of aliphatic hydroxyl groups excluding tert-OH is 1. The van der Waals surface area contributed by atoms with Gasteiger partial charge in [-0.3, -0.25) is 0 Å². The molecule has 2 aromatic rings. The lowest BCUT2D eigenvalue weighted by Gasteiger charge is -2.16. The minimum Gasteiger partial charge on any atom is -0.493 e. The van der Waals surface area contributed by atoms with E-state index in [2.05, 4.69) is 10.8 Å². The summed E-state index contributed by atoms with van der Waals surface area (Å²) in [5.41, 5.74) is 2.35. The Balaban J connectivity index is 1.61. The normalized spacial score (nSPS) is 17.3. The van der Waals surface area contributed by atoms with Crippen LogP contribution in [0.1, 0.15) is 30.1 Å². The zero-order chi connectivity index (χ0) is 14.7. The summed E-state index contributed by atoms with van der Waals surface area (Å²) in [5, 5.41) is 9.99. The monoisotopic (exact) mass is 287 g/mol. The SMILES string of the molecule is COc1ccccc1OCCn1cc2c(c1)C(O)CCC2. The highest BCUT2D eigenvalue weighted by atomic mass is 16.5. The third kappa shape index (κ3) is 3.05. The van der Waals surface area contributed by atoms with Gasteiger partial charge >= 0.3 is 0 Å². The maximum absolute atomic E-state index is 9.99. The number of rotatable bonds is 5. The molecule has 1 aliphatic carbocycles. The molecule has 4 heteroatoms. The van der Waals surface area contributed by atoms with Crippen LogP contribution in [-0.4, -0.2) is 23.4 Å². The lowest BCUT2D eigenvalue weighted by Crippen LogP contribution is -2.07. The number of fused-ring (bicyclic) bond motifs is 1. The molecule has 0 bridgehead atoms. The van der Waals surface area contributed by atoms with Gasteiger partial charge in [0.05, 0.1) is 19.8 Å². The van der Waals surface area contributed by atoms with Crippen molar-refractivity contribution in [2.24, 2.45) is 0 Å². The minimum absolute atomic E-state index is 0.301. The van der Waals surface area contributed by atoms with Gasteiger partial charge in [-0.1, -0.05) is 12.1 Å². The van der Waals surface area contributed by atoms with Gasteiger partial charge in [0.1, 0.15) is 6.61 Å². The second kappa shape index (κ2) is 6.22. The van der Waals surface area contributed by atoms with E-state index in [1.54, 1.807) is 7.11 Å². The first-order valence-electron chi connectivity index (χ1n) is 7.40. The highest BCUT2D eigenvalue weighted by Crippen LogP contribution is 2.30. The molecule has 112 valence electrons. The summed E-state index contributed by atoms with van der Waals surface area (Å²) in [5.74, 6) is 1.51. The number of hydrogen-bond acceptors (Lipinski definition) is 3. The quantitative estimate of drug-likeness (QED) is 0.919. The van der Waals surface area contributed by atoms with Crippen molar-refractivity contribution >= 4 is 0 Å². The third-order valence-electron chi connectivity index (χ3n) is 3.96. The van der Waals surface area contributed by atoms with Crippen molar-refractivity contribution < 1.29 is 14.6 Å². The van der Waals surface area contributed by atoms with Crippen LogP contribution < -0.4 is 9.47 Å². The number of aliphatic hydroxyl groups is 1. The van der Waals surface area contributed by atoms with Crippen LogP contribution in [0.15, 0.2) is 36.7 Å². The van der Waals surface area contributed by atoms with Crippen LogP contribution in [0.5, 0.6) is 11.5 Å². The number of aryl methyl sites for hydroxylation is 1. The van der Waals surface area contributed by atoms with Gasteiger partial charge in [0.25, 0.3) is 0 Å². The van der Waals surface area contributed by atoms with Crippen molar-refractivity contribution in [3.05, 3.63) is 47.8 Å². The molecule has 0 spiro atoms. The van der Waals surface area contributed by atoms with Crippen LogP contribution in [0.2, 0.25) is 0 Å². The van der Waals surface area contributed by atoms with Crippen LogP contribution >= 0.6 is 0 Å². The van der Waals surface area contributed by atoms with Gasteiger partial charge in [-0.05, 0) is 37.0 Å². The average Bonchev–Trinajstić information content (AvgIpc) is 2.92. The van der Waals surface area contributed by atoms with E-state index < -0.39 is 0 Å². The minimum atomic E-state index is -0.301. The van der Waals surface area contributed by atoms with Crippen LogP contribution in [0.4, 0.5) is 0 Å². The van der Waals surface area contributed by atoms with E-state index in [1.165, 1.54) is 5.56 Å². The van der Waals surface area contributed by atoms with Crippen molar-refractivity contribution in [2.75, 3.05) is 13.7 Å². The van der Waals surface area contributed by atoms with Crippen molar-refractivity contribution in [3.8, 4) is 11.5 Å². The fourth-order valence-corrected chi connectivity index (χ4v) is 2.85. The van der Waals surface area contributed by atoms with Gasteiger partial charge in [0.15, 0.2) is 11.5 Å². The second-order valence-corrected chi connectivity index (χ2v) is 5.38. The molecule has 1 unspecified atom stereocenters. The van der Waals surface area contributed by atoms with E-state index in [1.807, 2.05) is 30.5 Å². The van der Waals surface area contributed by atoms with Crippen LogP contribution in [-0.2, 0) is 13.0 Å². The molecule has 1 N–H and O–H groups in total. The first-order chi connectivity index (χ1) is 10.3. The molecule has 0 aliphatic heterocycles. The Morgan fingerprint density at radius 3 is 2.81 bits per heavy atom. The number of hydrogen-bond donors (Lipinski definition) is 1. The Morgan fingerprint density at radius 1 is 1.24 bits per heavy atom. The lowest BCUT2D eigenvalue weighted by molar-refractivity contribution is 0.157. The Kier molecular flexibility index (Phi) is 4.15. The molecule has 1 aromatic heterocycles. The maximum atomic E-state index is 9.99. The second-order valence-electron chi connectivity index (χ2n) is 5.38. The van der Waals surface area contributed by atoms with E-state index in [0.29, 0.717) is 6.61 Å². The Labute approximate surface area is 124 Å². The summed E-state index contributed by atoms with van der Waals surface area (Å²) in [4.78, 5) is 0. The Bertz CT molecular complexity index is 606. The summed E-state index contributed by atoms with van der Waals surface area (Å²) < 4.78 is 13.2. The molecule has 0 radical (unpaired) electrons. The number of nitrogens with zero attached hydrogens (tertiary/aromatic N) is 1. The fourth-order valence-electron chi connectivity index (χ4n) is 2.85. The predicted octanol–water partition coefficient (Wildman–Crippen LogP) is 2.95. The number of ether oxygens (including phenoxy) is 2. The van der Waals surface area contributed by atoms with Crippen LogP contribution in [0.3, 0.4) is 0 Å². The predicted molar refractivity (Wildman–Crippen MR) is 80.8 cm³/mol. The molecule has 1 aliphatic rings. The van der Waals surface area contributed by atoms with Gasteiger partial charge < -0.3 is 19.1 Å². The van der Waals surface area contributed by atoms with Crippen molar-refractivity contribution in [3.63, 3.8) is 0 Å². The summed E-state index contributed by atoms with van der Waals surface area (Å²) >= 11 is 0. The first kappa shape index (κ1) is 14.0. The van der Waals surface area contributed by atoms with Gasteiger partial charge in [-0.15, -0.1) is 0 Å². The summed E-state index contributed by atoms with van der Waals surface area (Å²) in [7, 11) is 1.64. The third-order valence-corrected chi connectivity index (χ3v) is 3.96. The van der Waals surface area contributed by atoms with Crippen LogP contribution in [0.25, 0.3) is 0 Å². The van der Waals surface area contributed by atoms with Gasteiger partial charge in [0, 0.05) is 18.0 Å². The van der Waals surface area contributed by atoms with Gasteiger partial charge in [-0.25, -0.2) is 0 Å². The summed E-state index contributed by atoms with van der Waals surface area (Å²) in [6.45, 7) is 1.34. The molecule has 1 heterocycles. The van der Waals surface area contributed by atoms with Crippen LogP contribution in [0, 0.1) is 0 Å². The van der Waals surface area contributed by atoms with E-state index in [0.717, 1.165) is 42.9 Å². The van der Waals surface area contributed by atoms with Crippen molar-refractivity contribution in [1.82, 2.24) is 4.57 Å². The molecule has 0 fully saturated rings. The molecular formula is C17H21NO3. The van der Waals surface area contributed by atoms with Crippen molar-refractivity contribution in [2.45, 2.75) is 31.9 Å². The fraction of sp³-hybridized carbons (Fsp3) is 0.412. The number of aromatic nitrogens is 1. The molecule has 21 heavy (non-hydrogen) atoms. The highest BCUT2D eigenvalue weighted by molar-refractivity contribution is 5.39. The molecule has 1 atom stereocenters. The summed E-state index contributed by atoms with van der Waals surface area (Å²) in [6.07, 6.45) is 6.87. The molecule has 1 aromatic carbocycles. The van der Waals surface area contributed by atoms with E-state index in [4.69, 9.17) is 9.47 Å². The standard InChI is InChI=1S/C17H21NO3/c1-20-16-7-2-3-8-17(16)21-10-9-18-11-13-5-4-6-15(19)14(13)12-18/h2-3,7-8,11-12,15,19H,4-6,9-10H2,1H3. The number of methoxy groups -OCH3 is 1. The largest absolute Gasteiger partial charge is 0.493 e.